The molecule has 3 rings (SSSR count). The fraction of sp³-hybridized carbons (Fsp3) is 0.222. The Morgan fingerprint density at radius 3 is 2.07 bits per heavy atom. The summed E-state index contributed by atoms with van der Waals surface area (Å²) in [5.74, 6) is 2.67. The number of ether oxygens (including phenoxy) is 3. The summed E-state index contributed by atoms with van der Waals surface area (Å²) in [6.45, 7) is 1.78. The number of anilines is 3. The van der Waals surface area contributed by atoms with E-state index in [4.69, 9.17) is 18.7 Å². The maximum atomic E-state index is 12.6. The maximum Gasteiger partial charge on any atom is 0.257 e. The number of aryl methyl sites for hydroxylation is 1. The average molecular weight is 385 g/mol. The average Bonchev–Trinajstić information content (AvgIpc) is 3.12. The van der Waals surface area contributed by atoms with Gasteiger partial charge in [0.15, 0.2) is 29.0 Å². The van der Waals surface area contributed by atoms with E-state index in [-0.39, 0.29) is 5.82 Å². The Morgan fingerprint density at radius 2 is 1.57 bits per heavy atom. The molecule has 0 aliphatic rings. The Balaban J connectivity index is 1.74. The van der Waals surface area contributed by atoms with E-state index in [9.17, 15) is 4.79 Å². The minimum absolute atomic E-state index is 0.278. The van der Waals surface area contributed by atoms with Crippen LogP contribution in [0.5, 0.6) is 17.2 Å². The molecule has 2 heterocycles. The van der Waals surface area contributed by atoms with Crippen molar-refractivity contribution in [1.82, 2.24) is 15.4 Å². The molecule has 0 unspecified atom stereocenters. The lowest BCUT2D eigenvalue weighted by molar-refractivity contribution is 0.102. The standard InChI is InChI=1S/C18H19N5O5/c1-10-7-16(23-28-10)19-14-5-6-15(22-21-14)20-18(24)11-8-12(25-2)17(27-4)13(9-11)26-3/h5-9H,1-4H3,(H,19,21,23)(H,20,22,24). The van der Waals surface area contributed by atoms with Crippen molar-refractivity contribution in [2.75, 3.05) is 32.0 Å². The van der Waals surface area contributed by atoms with Crippen LogP contribution in [0, 0.1) is 6.92 Å². The number of hydrogen-bond acceptors (Lipinski definition) is 9. The number of carbonyl (C=O) groups is 1. The Bertz CT molecular complexity index is 946. The summed E-state index contributed by atoms with van der Waals surface area (Å²) in [4.78, 5) is 12.6. The van der Waals surface area contributed by atoms with Crippen molar-refractivity contribution in [2.24, 2.45) is 0 Å². The van der Waals surface area contributed by atoms with Gasteiger partial charge in [0, 0.05) is 11.6 Å². The van der Waals surface area contributed by atoms with Gasteiger partial charge in [-0.25, -0.2) is 0 Å². The van der Waals surface area contributed by atoms with Crippen LogP contribution < -0.4 is 24.8 Å². The second kappa shape index (κ2) is 8.25. The first-order chi connectivity index (χ1) is 13.5. The van der Waals surface area contributed by atoms with E-state index in [1.165, 1.54) is 21.3 Å². The van der Waals surface area contributed by atoms with Crippen molar-refractivity contribution >= 4 is 23.4 Å². The number of hydrogen-bond donors (Lipinski definition) is 2. The van der Waals surface area contributed by atoms with Gasteiger partial charge < -0.3 is 29.4 Å². The fourth-order valence-corrected chi connectivity index (χ4v) is 2.42. The summed E-state index contributed by atoms with van der Waals surface area (Å²) in [7, 11) is 4.45. The third kappa shape index (κ3) is 4.11. The molecule has 0 spiro atoms. The van der Waals surface area contributed by atoms with Crippen LogP contribution in [-0.4, -0.2) is 42.6 Å². The van der Waals surface area contributed by atoms with Gasteiger partial charge in [-0.3, -0.25) is 4.79 Å². The van der Waals surface area contributed by atoms with Gasteiger partial charge in [0.05, 0.1) is 21.3 Å². The zero-order valence-corrected chi connectivity index (χ0v) is 15.8. The highest BCUT2D eigenvalue weighted by molar-refractivity contribution is 6.04. The second-order valence-corrected chi connectivity index (χ2v) is 5.62. The van der Waals surface area contributed by atoms with Gasteiger partial charge in [-0.1, -0.05) is 5.16 Å². The molecule has 28 heavy (non-hydrogen) atoms. The van der Waals surface area contributed by atoms with Crippen LogP contribution in [-0.2, 0) is 0 Å². The first-order valence-corrected chi connectivity index (χ1v) is 8.19. The van der Waals surface area contributed by atoms with Crippen LogP contribution in [0.25, 0.3) is 0 Å². The van der Waals surface area contributed by atoms with E-state index in [1.54, 1.807) is 37.3 Å². The number of nitrogens with one attached hydrogen (secondary N) is 2. The fourth-order valence-electron chi connectivity index (χ4n) is 2.42. The lowest BCUT2D eigenvalue weighted by atomic mass is 10.1. The second-order valence-electron chi connectivity index (χ2n) is 5.62. The number of amides is 1. The van der Waals surface area contributed by atoms with E-state index in [1.807, 2.05) is 0 Å². The zero-order chi connectivity index (χ0) is 20.1. The molecule has 3 aromatic rings. The Labute approximate surface area is 160 Å². The molecule has 1 aromatic carbocycles. The Morgan fingerprint density at radius 1 is 0.929 bits per heavy atom. The zero-order valence-electron chi connectivity index (χ0n) is 15.8. The van der Waals surface area contributed by atoms with Crippen LogP contribution in [0.2, 0.25) is 0 Å². The first-order valence-electron chi connectivity index (χ1n) is 8.19. The van der Waals surface area contributed by atoms with Crippen LogP contribution in [0.4, 0.5) is 17.5 Å². The quantitative estimate of drug-likeness (QED) is 0.632. The van der Waals surface area contributed by atoms with Crippen molar-refractivity contribution < 1.29 is 23.5 Å². The first kappa shape index (κ1) is 19.0. The molecular formula is C18H19N5O5. The third-order valence-electron chi connectivity index (χ3n) is 3.72. The highest BCUT2D eigenvalue weighted by Crippen LogP contribution is 2.38. The molecular weight excluding hydrogens is 366 g/mol. The van der Waals surface area contributed by atoms with E-state index >= 15 is 0 Å². The molecule has 1 amide bonds. The molecule has 0 aliphatic heterocycles. The molecule has 10 nitrogen and oxygen atoms in total. The lowest BCUT2D eigenvalue weighted by Crippen LogP contribution is -2.14. The third-order valence-corrected chi connectivity index (χ3v) is 3.72. The minimum Gasteiger partial charge on any atom is -0.493 e. The van der Waals surface area contributed by atoms with Crippen LogP contribution in [0.1, 0.15) is 16.1 Å². The van der Waals surface area contributed by atoms with Crippen molar-refractivity contribution in [3.63, 3.8) is 0 Å². The van der Waals surface area contributed by atoms with Gasteiger partial charge in [-0.2, -0.15) is 0 Å². The predicted molar refractivity (Wildman–Crippen MR) is 101 cm³/mol. The van der Waals surface area contributed by atoms with Crippen molar-refractivity contribution in [3.8, 4) is 17.2 Å². The van der Waals surface area contributed by atoms with Crippen LogP contribution in [0.15, 0.2) is 34.9 Å². The largest absolute Gasteiger partial charge is 0.493 e. The summed E-state index contributed by atoms with van der Waals surface area (Å²) < 4.78 is 20.7. The van der Waals surface area contributed by atoms with Gasteiger partial charge in [0.1, 0.15) is 5.76 Å². The highest BCUT2D eigenvalue weighted by atomic mass is 16.5. The molecule has 146 valence electrons. The van der Waals surface area contributed by atoms with Gasteiger partial charge in [0.2, 0.25) is 5.75 Å². The normalized spacial score (nSPS) is 10.3. The minimum atomic E-state index is -0.401. The van der Waals surface area contributed by atoms with Crippen LogP contribution >= 0.6 is 0 Å². The predicted octanol–water partition coefficient (Wildman–Crippen LogP) is 2.79. The number of nitrogens with zero attached hydrogens (tertiary/aromatic N) is 3. The molecule has 0 saturated carbocycles. The van der Waals surface area contributed by atoms with E-state index in [0.29, 0.717) is 40.2 Å². The molecule has 0 bridgehead atoms. The molecule has 2 N–H and O–H groups in total. The van der Waals surface area contributed by atoms with Gasteiger partial charge >= 0.3 is 0 Å². The molecule has 2 aromatic heterocycles. The van der Waals surface area contributed by atoms with Crippen molar-refractivity contribution in [3.05, 3.63) is 41.7 Å². The Hall–Kier alpha value is -3.82. The Kier molecular flexibility index (Phi) is 5.58. The smallest absolute Gasteiger partial charge is 0.257 e. The lowest BCUT2D eigenvalue weighted by Gasteiger charge is -2.14. The maximum absolute atomic E-state index is 12.6. The van der Waals surface area contributed by atoms with E-state index < -0.39 is 5.91 Å². The van der Waals surface area contributed by atoms with Crippen molar-refractivity contribution in [2.45, 2.75) is 6.92 Å². The number of benzene rings is 1. The van der Waals surface area contributed by atoms with E-state index in [2.05, 4.69) is 26.0 Å². The number of methoxy groups -OCH3 is 3. The highest BCUT2D eigenvalue weighted by Gasteiger charge is 2.17. The SMILES string of the molecule is COc1cc(C(=O)Nc2ccc(Nc3cc(C)on3)nn2)cc(OC)c1OC. The summed E-state index contributed by atoms with van der Waals surface area (Å²) in [6.07, 6.45) is 0. The molecule has 0 radical (unpaired) electrons. The van der Waals surface area contributed by atoms with Gasteiger partial charge in [0.25, 0.3) is 5.91 Å². The summed E-state index contributed by atoms with van der Waals surface area (Å²) in [5, 5.41) is 17.4. The molecule has 0 atom stereocenters. The number of aromatic nitrogens is 3. The molecule has 0 aliphatic carbocycles. The van der Waals surface area contributed by atoms with Crippen LogP contribution in [0.3, 0.4) is 0 Å². The van der Waals surface area contributed by atoms with Gasteiger partial charge in [-0.15, -0.1) is 10.2 Å². The summed E-state index contributed by atoms with van der Waals surface area (Å²) in [6, 6.07) is 8.09. The topological polar surface area (TPSA) is 121 Å². The molecule has 10 heteroatoms. The van der Waals surface area contributed by atoms with Crippen molar-refractivity contribution in [1.29, 1.82) is 0 Å². The summed E-state index contributed by atoms with van der Waals surface area (Å²) in [5.41, 5.74) is 0.316. The number of carbonyl (C=O) groups excluding carboxylic acids is 1. The van der Waals surface area contributed by atoms with E-state index in [0.717, 1.165) is 0 Å². The molecule has 0 saturated heterocycles. The number of rotatable bonds is 7. The van der Waals surface area contributed by atoms with Gasteiger partial charge in [-0.05, 0) is 31.2 Å². The summed E-state index contributed by atoms with van der Waals surface area (Å²) >= 11 is 0. The molecule has 0 fully saturated rings. The monoisotopic (exact) mass is 385 g/mol.